The van der Waals surface area contributed by atoms with Crippen molar-refractivity contribution in [2.45, 2.75) is 19.2 Å². The van der Waals surface area contributed by atoms with Crippen LogP contribution in [0.25, 0.3) is 0 Å². The summed E-state index contributed by atoms with van der Waals surface area (Å²) in [6.45, 7) is 1.74. The van der Waals surface area contributed by atoms with Gasteiger partial charge in [0, 0.05) is 12.6 Å². The Morgan fingerprint density at radius 2 is 2.00 bits per heavy atom. The van der Waals surface area contributed by atoms with Crippen LogP contribution >= 0.6 is 11.6 Å². The van der Waals surface area contributed by atoms with Gasteiger partial charge in [-0.25, -0.2) is 4.98 Å². The zero-order valence-electron chi connectivity index (χ0n) is 10.6. The molecule has 0 aliphatic heterocycles. The molecule has 1 unspecified atom stereocenters. The first-order valence-electron chi connectivity index (χ1n) is 5.62. The summed E-state index contributed by atoms with van der Waals surface area (Å²) in [6, 6.07) is 3.53. The van der Waals surface area contributed by atoms with Crippen LogP contribution in [-0.4, -0.2) is 19.9 Å². The van der Waals surface area contributed by atoms with Crippen LogP contribution < -0.4 is 0 Å². The molecule has 8 heteroatoms. The van der Waals surface area contributed by atoms with Crippen molar-refractivity contribution in [2.75, 3.05) is 0 Å². The number of aliphatic hydroxyl groups is 1. The Bertz CT molecular complexity index is 639. The lowest BCUT2D eigenvalue weighted by atomic mass is 10.1. The molecule has 0 aliphatic rings. The number of aryl methyl sites for hydroxylation is 2. The Morgan fingerprint density at radius 3 is 2.45 bits per heavy atom. The lowest BCUT2D eigenvalue weighted by molar-refractivity contribution is -0.141. The van der Waals surface area contributed by atoms with Gasteiger partial charge in [-0.05, 0) is 19.1 Å². The summed E-state index contributed by atoms with van der Waals surface area (Å²) in [5.41, 5.74) is 0.103. The number of pyridine rings is 1. The maximum Gasteiger partial charge on any atom is 0.433 e. The van der Waals surface area contributed by atoms with Crippen LogP contribution in [0, 0.1) is 6.92 Å². The van der Waals surface area contributed by atoms with Crippen LogP contribution in [0.3, 0.4) is 0 Å². The number of hydrogen-bond acceptors (Lipinski definition) is 3. The van der Waals surface area contributed by atoms with Gasteiger partial charge in [0.25, 0.3) is 0 Å². The molecule has 2 aromatic rings. The van der Waals surface area contributed by atoms with Gasteiger partial charge < -0.3 is 5.11 Å². The van der Waals surface area contributed by atoms with E-state index in [0.29, 0.717) is 11.4 Å². The van der Waals surface area contributed by atoms with E-state index in [2.05, 4.69) is 10.1 Å². The summed E-state index contributed by atoms with van der Waals surface area (Å²) in [5.74, 6) is 0. The van der Waals surface area contributed by atoms with E-state index in [0.717, 1.165) is 12.1 Å². The second kappa shape index (κ2) is 5.06. The molecule has 0 radical (unpaired) electrons. The average molecular weight is 306 g/mol. The standard InChI is InChI=1S/C12H11ClF3N3O/c1-6-5-8(19(2)18-6)10(20)7-3-4-9(12(14,15)16)17-11(7)13/h3-5,10,20H,1-2H3. The predicted octanol–water partition coefficient (Wildman–Crippen LogP) is 2.88. The first-order chi connectivity index (χ1) is 9.20. The minimum atomic E-state index is -4.57. The lowest BCUT2D eigenvalue weighted by Crippen LogP contribution is -2.11. The van der Waals surface area contributed by atoms with Crippen molar-refractivity contribution in [3.63, 3.8) is 0 Å². The van der Waals surface area contributed by atoms with Crippen molar-refractivity contribution >= 4 is 11.6 Å². The molecule has 0 fully saturated rings. The maximum absolute atomic E-state index is 12.5. The van der Waals surface area contributed by atoms with Gasteiger partial charge in [-0.15, -0.1) is 0 Å². The van der Waals surface area contributed by atoms with Crippen molar-refractivity contribution < 1.29 is 18.3 Å². The Kier molecular flexibility index (Phi) is 3.75. The molecular formula is C12H11ClF3N3O. The van der Waals surface area contributed by atoms with Crippen LogP contribution in [0.5, 0.6) is 0 Å². The van der Waals surface area contributed by atoms with Crippen molar-refractivity contribution in [3.8, 4) is 0 Å². The quantitative estimate of drug-likeness (QED) is 0.868. The third-order valence-electron chi connectivity index (χ3n) is 2.78. The number of aromatic nitrogens is 3. The number of rotatable bonds is 2. The number of halogens is 4. The van der Waals surface area contributed by atoms with E-state index in [4.69, 9.17) is 11.6 Å². The highest BCUT2D eigenvalue weighted by Crippen LogP contribution is 2.32. The van der Waals surface area contributed by atoms with E-state index in [-0.39, 0.29) is 10.7 Å². The van der Waals surface area contributed by atoms with E-state index in [9.17, 15) is 18.3 Å². The number of aliphatic hydroxyl groups excluding tert-OH is 1. The molecule has 0 spiro atoms. The molecule has 1 atom stereocenters. The Hall–Kier alpha value is -1.60. The van der Waals surface area contributed by atoms with Gasteiger partial charge >= 0.3 is 6.18 Å². The van der Waals surface area contributed by atoms with Gasteiger partial charge in [-0.1, -0.05) is 17.7 Å². The third kappa shape index (κ3) is 2.78. The molecule has 0 amide bonds. The van der Waals surface area contributed by atoms with Crippen LogP contribution in [0.1, 0.15) is 28.7 Å². The zero-order chi connectivity index (χ0) is 15.1. The molecule has 4 nitrogen and oxygen atoms in total. The third-order valence-corrected chi connectivity index (χ3v) is 3.08. The van der Waals surface area contributed by atoms with Gasteiger partial charge in [0.15, 0.2) is 0 Å². The maximum atomic E-state index is 12.5. The summed E-state index contributed by atoms with van der Waals surface area (Å²) >= 11 is 5.74. The first-order valence-corrected chi connectivity index (χ1v) is 6.00. The zero-order valence-corrected chi connectivity index (χ0v) is 11.4. The SMILES string of the molecule is Cc1cc(C(O)c2ccc(C(F)(F)F)nc2Cl)n(C)n1. The molecule has 20 heavy (non-hydrogen) atoms. The Balaban J connectivity index is 2.41. The molecule has 108 valence electrons. The van der Waals surface area contributed by atoms with E-state index in [1.807, 2.05) is 0 Å². The van der Waals surface area contributed by atoms with Crippen molar-refractivity contribution in [1.82, 2.24) is 14.8 Å². The highest BCUT2D eigenvalue weighted by Gasteiger charge is 2.33. The molecule has 2 aromatic heterocycles. The molecule has 0 saturated heterocycles. The van der Waals surface area contributed by atoms with Gasteiger partial charge in [0.2, 0.25) is 0 Å². The topological polar surface area (TPSA) is 50.9 Å². The summed E-state index contributed by atoms with van der Waals surface area (Å²) < 4.78 is 38.9. The molecule has 2 rings (SSSR count). The van der Waals surface area contributed by atoms with Crippen molar-refractivity contribution in [3.05, 3.63) is 46.0 Å². The minimum absolute atomic E-state index is 0.0997. The largest absolute Gasteiger partial charge is 0.433 e. The molecule has 0 aliphatic carbocycles. The first kappa shape index (κ1) is 14.8. The summed E-state index contributed by atoms with van der Waals surface area (Å²) in [5, 5.41) is 13.9. The number of hydrogen-bond donors (Lipinski definition) is 1. The monoisotopic (exact) mass is 305 g/mol. The molecule has 0 bridgehead atoms. The van der Waals surface area contributed by atoms with Gasteiger partial charge in [-0.2, -0.15) is 18.3 Å². The summed E-state index contributed by atoms with van der Waals surface area (Å²) in [7, 11) is 1.62. The molecule has 2 heterocycles. The second-order valence-electron chi connectivity index (χ2n) is 4.31. The van der Waals surface area contributed by atoms with Crippen molar-refractivity contribution in [1.29, 1.82) is 0 Å². The van der Waals surface area contributed by atoms with Crippen molar-refractivity contribution in [2.24, 2.45) is 7.05 Å². The normalized spacial score (nSPS) is 13.6. The highest BCUT2D eigenvalue weighted by molar-refractivity contribution is 6.30. The van der Waals surface area contributed by atoms with E-state index in [1.54, 1.807) is 20.0 Å². The Morgan fingerprint density at radius 1 is 1.35 bits per heavy atom. The van der Waals surface area contributed by atoms with Gasteiger partial charge in [-0.3, -0.25) is 4.68 Å². The van der Waals surface area contributed by atoms with Gasteiger partial charge in [0.05, 0.1) is 11.4 Å². The molecule has 0 aromatic carbocycles. The van der Waals surface area contributed by atoms with Crippen LogP contribution in [0.15, 0.2) is 18.2 Å². The second-order valence-corrected chi connectivity index (χ2v) is 4.67. The van der Waals surface area contributed by atoms with Crippen LogP contribution in [0.4, 0.5) is 13.2 Å². The highest BCUT2D eigenvalue weighted by atomic mass is 35.5. The van der Waals surface area contributed by atoms with Crippen LogP contribution in [-0.2, 0) is 13.2 Å². The van der Waals surface area contributed by atoms with Gasteiger partial charge in [0.1, 0.15) is 17.0 Å². The van der Waals surface area contributed by atoms with E-state index in [1.165, 1.54) is 4.68 Å². The lowest BCUT2D eigenvalue weighted by Gasteiger charge is -2.14. The molecule has 0 saturated carbocycles. The van der Waals surface area contributed by atoms with E-state index >= 15 is 0 Å². The summed E-state index contributed by atoms with van der Waals surface area (Å²) in [6.07, 6.45) is -5.76. The predicted molar refractivity (Wildman–Crippen MR) is 66.3 cm³/mol. The Labute approximate surface area is 117 Å². The fourth-order valence-electron chi connectivity index (χ4n) is 1.85. The molecular weight excluding hydrogens is 295 g/mol. The minimum Gasteiger partial charge on any atom is -0.382 e. The molecule has 1 N–H and O–H groups in total. The fourth-order valence-corrected chi connectivity index (χ4v) is 2.11. The number of nitrogens with zero attached hydrogens (tertiary/aromatic N) is 3. The van der Waals surface area contributed by atoms with E-state index < -0.39 is 18.0 Å². The smallest absolute Gasteiger partial charge is 0.382 e. The summed E-state index contributed by atoms with van der Waals surface area (Å²) in [4.78, 5) is 3.28. The average Bonchev–Trinajstić information content (AvgIpc) is 2.66. The fraction of sp³-hybridized carbons (Fsp3) is 0.333. The van der Waals surface area contributed by atoms with Crippen LogP contribution in [0.2, 0.25) is 5.15 Å². The number of alkyl halides is 3.